The highest BCUT2D eigenvalue weighted by Crippen LogP contribution is 2.10. The molecule has 0 heterocycles. The number of hydrogen-bond donors (Lipinski definition) is 1. The zero-order valence-corrected chi connectivity index (χ0v) is 10.7. The van der Waals surface area contributed by atoms with E-state index in [-0.39, 0.29) is 0 Å². The van der Waals surface area contributed by atoms with Crippen molar-refractivity contribution in [3.63, 3.8) is 0 Å². The summed E-state index contributed by atoms with van der Waals surface area (Å²) in [5, 5.41) is 3.27. The average molecular weight is 217 g/mol. The number of hydrogen-bond acceptors (Lipinski definition) is 1. The van der Waals surface area contributed by atoms with Crippen LogP contribution in [0.2, 0.25) is 0 Å². The van der Waals surface area contributed by atoms with Gasteiger partial charge < -0.3 is 5.32 Å². The first-order valence-corrected chi connectivity index (χ1v) is 6.18. The van der Waals surface area contributed by atoms with E-state index in [0.29, 0.717) is 0 Å². The molecule has 0 aliphatic carbocycles. The molecule has 0 aliphatic heterocycles. The van der Waals surface area contributed by atoms with Gasteiger partial charge in [0.15, 0.2) is 0 Å². The Balaban J connectivity index is 2.47. The fourth-order valence-corrected chi connectivity index (χ4v) is 1.66. The van der Waals surface area contributed by atoms with E-state index in [2.05, 4.69) is 62.5 Å². The summed E-state index contributed by atoms with van der Waals surface area (Å²) in [5.74, 6) is 0.732. The molecule has 0 amide bonds. The van der Waals surface area contributed by atoms with Gasteiger partial charge in [-0.15, -0.1) is 0 Å². The molecule has 1 aromatic carbocycles. The first-order valence-electron chi connectivity index (χ1n) is 6.18. The number of likely N-dealkylation sites (N-methyl/N-ethyl adjacent to an activating group) is 1. The van der Waals surface area contributed by atoms with Gasteiger partial charge in [0.1, 0.15) is 0 Å². The Morgan fingerprint density at radius 3 is 2.44 bits per heavy atom. The predicted octanol–water partition coefficient (Wildman–Crippen LogP) is 3.51. The summed E-state index contributed by atoms with van der Waals surface area (Å²) in [4.78, 5) is 0. The Morgan fingerprint density at radius 2 is 1.88 bits per heavy atom. The molecule has 0 atom stereocenters. The predicted molar refractivity (Wildman–Crippen MR) is 72.6 cm³/mol. The van der Waals surface area contributed by atoms with Gasteiger partial charge in [-0.3, -0.25) is 0 Å². The molecule has 1 rings (SSSR count). The maximum absolute atomic E-state index is 3.27. The molecule has 1 N–H and O–H groups in total. The Hall–Kier alpha value is -1.08. The van der Waals surface area contributed by atoms with Crippen molar-refractivity contribution >= 4 is 6.08 Å². The van der Waals surface area contributed by atoms with Crippen LogP contribution in [-0.2, 0) is 6.42 Å². The molecular formula is C15H23N. The third kappa shape index (κ3) is 5.13. The van der Waals surface area contributed by atoms with Crippen LogP contribution < -0.4 is 5.32 Å². The SMILES string of the molecule is CCNCC=Cc1ccc(CC(C)C)cc1. The fourth-order valence-electron chi connectivity index (χ4n) is 1.66. The van der Waals surface area contributed by atoms with Crippen LogP contribution >= 0.6 is 0 Å². The minimum absolute atomic E-state index is 0.732. The van der Waals surface area contributed by atoms with Gasteiger partial charge in [0.2, 0.25) is 0 Å². The maximum Gasteiger partial charge on any atom is 0.0138 e. The number of benzene rings is 1. The first-order chi connectivity index (χ1) is 7.72. The summed E-state index contributed by atoms with van der Waals surface area (Å²) in [7, 11) is 0. The first kappa shape index (κ1) is 13.0. The molecule has 1 heteroatoms. The quantitative estimate of drug-likeness (QED) is 0.719. The van der Waals surface area contributed by atoms with Crippen LogP contribution in [0.5, 0.6) is 0 Å². The normalized spacial score (nSPS) is 11.5. The third-order valence-corrected chi connectivity index (χ3v) is 2.45. The number of nitrogens with one attached hydrogen (secondary N) is 1. The lowest BCUT2D eigenvalue weighted by Gasteiger charge is -2.04. The van der Waals surface area contributed by atoms with Crippen LogP contribution in [0.1, 0.15) is 31.9 Å². The molecule has 1 nitrogen and oxygen atoms in total. The van der Waals surface area contributed by atoms with Gasteiger partial charge in [0.05, 0.1) is 0 Å². The molecule has 0 radical (unpaired) electrons. The lowest BCUT2D eigenvalue weighted by Crippen LogP contribution is -2.11. The lowest BCUT2D eigenvalue weighted by molar-refractivity contribution is 0.647. The van der Waals surface area contributed by atoms with Crippen LogP contribution in [0.3, 0.4) is 0 Å². The Morgan fingerprint density at radius 1 is 1.19 bits per heavy atom. The van der Waals surface area contributed by atoms with Crippen molar-refractivity contribution in [2.24, 2.45) is 5.92 Å². The third-order valence-electron chi connectivity index (χ3n) is 2.45. The molecule has 0 unspecified atom stereocenters. The fraction of sp³-hybridized carbons (Fsp3) is 0.467. The second-order valence-electron chi connectivity index (χ2n) is 4.55. The smallest absolute Gasteiger partial charge is 0.0138 e. The summed E-state index contributed by atoms with van der Waals surface area (Å²) in [6.45, 7) is 8.60. The van der Waals surface area contributed by atoms with Gasteiger partial charge in [0.25, 0.3) is 0 Å². The lowest BCUT2D eigenvalue weighted by atomic mass is 10.0. The van der Waals surface area contributed by atoms with E-state index in [1.165, 1.54) is 17.5 Å². The Bertz CT molecular complexity index is 309. The molecule has 88 valence electrons. The zero-order valence-electron chi connectivity index (χ0n) is 10.7. The molecule has 16 heavy (non-hydrogen) atoms. The van der Waals surface area contributed by atoms with Crippen molar-refractivity contribution in [1.29, 1.82) is 0 Å². The van der Waals surface area contributed by atoms with E-state index in [1.54, 1.807) is 0 Å². The minimum Gasteiger partial charge on any atom is -0.314 e. The molecule has 0 aliphatic rings. The van der Waals surface area contributed by atoms with Gasteiger partial charge in [-0.25, -0.2) is 0 Å². The molecule has 0 bridgehead atoms. The van der Waals surface area contributed by atoms with Crippen LogP contribution in [0, 0.1) is 5.92 Å². The zero-order chi connectivity index (χ0) is 11.8. The highest BCUT2D eigenvalue weighted by molar-refractivity contribution is 5.49. The van der Waals surface area contributed by atoms with Crippen LogP contribution in [0.15, 0.2) is 30.3 Å². The molecule has 0 saturated heterocycles. The highest BCUT2D eigenvalue weighted by Gasteiger charge is 1.96. The molecule has 0 fully saturated rings. The van der Waals surface area contributed by atoms with E-state index in [4.69, 9.17) is 0 Å². The monoisotopic (exact) mass is 217 g/mol. The minimum atomic E-state index is 0.732. The van der Waals surface area contributed by atoms with E-state index >= 15 is 0 Å². The highest BCUT2D eigenvalue weighted by atomic mass is 14.8. The van der Waals surface area contributed by atoms with Crippen molar-refractivity contribution in [3.8, 4) is 0 Å². The second kappa shape index (κ2) is 7.24. The summed E-state index contributed by atoms with van der Waals surface area (Å²) in [5.41, 5.74) is 2.71. The molecule has 0 saturated carbocycles. The largest absolute Gasteiger partial charge is 0.314 e. The molecule has 0 aromatic heterocycles. The molecule has 0 spiro atoms. The van der Waals surface area contributed by atoms with Crippen LogP contribution in [0.4, 0.5) is 0 Å². The standard InChI is InChI=1S/C15H23N/c1-4-16-11-5-6-14-7-9-15(10-8-14)12-13(2)3/h5-10,13,16H,4,11-12H2,1-3H3. The van der Waals surface area contributed by atoms with Crippen molar-refractivity contribution in [2.75, 3.05) is 13.1 Å². The second-order valence-corrected chi connectivity index (χ2v) is 4.55. The Labute approximate surface area is 99.6 Å². The van der Waals surface area contributed by atoms with Gasteiger partial charge in [-0.2, -0.15) is 0 Å². The summed E-state index contributed by atoms with van der Waals surface area (Å²) < 4.78 is 0. The van der Waals surface area contributed by atoms with Crippen molar-refractivity contribution in [2.45, 2.75) is 27.2 Å². The number of rotatable bonds is 6. The van der Waals surface area contributed by atoms with Crippen molar-refractivity contribution in [3.05, 3.63) is 41.5 Å². The van der Waals surface area contributed by atoms with Crippen LogP contribution in [0.25, 0.3) is 6.08 Å². The van der Waals surface area contributed by atoms with Gasteiger partial charge in [0, 0.05) is 6.54 Å². The van der Waals surface area contributed by atoms with E-state index < -0.39 is 0 Å². The van der Waals surface area contributed by atoms with E-state index in [0.717, 1.165) is 19.0 Å². The topological polar surface area (TPSA) is 12.0 Å². The summed E-state index contributed by atoms with van der Waals surface area (Å²) >= 11 is 0. The van der Waals surface area contributed by atoms with Gasteiger partial charge >= 0.3 is 0 Å². The van der Waals surface area contributed by atoms with Crippen LogP contribution in [-0.4, -0.2) is 13.1 Å². The van der Waals surface area contributed by atoms with E-state index in [1.807, 2.05) is 0 Å². The van der Waals surface area contributed by atoms with Crippen molar-refractivity contribution in [1.82, 2.24) is 5.32 Å². The van der Waals surface area contributed by atoms with Crippen molar-refractivity contribution < 1.29 is 0 Å². The maximum atomic E-state index is 3.27. The van der Waals surface area contributed by atoms with E-state index in [9.17, 15) is 0 Å². The molecule has 1 aromatic rings. The van der Waals surface area contributed by atoms with Gasteiger partial charge in [-0.05, 0) is 30.0 Å². The Kier molecular flexibility index (Phi) is 5.87. The summed E-state index contributed by atoms with van der Waals surface area (Å²) in [6, 6.07) is 8.85. The average Bonchev–Trinajstić information content (AvgIpc) is 2.26. The van der Waals surface area contributed by atoms with Gasteiger partial charge in [-0.1, -0.05) is 57.2 Å². The molecular weight excluding hydrogens is 194 g/mol. The summed E-state index contributed by atoms with van der Waals surface area (Å²) in [6.07, 6.45) is 5.50.